The molecule has 0 aliphatic carbocycles. The predicted molar refractivity (Wildman–Crippen MR) is 97.0 cm³/mol. The van der Waals surface area contributed by atoms with Crippen molar-refractivity contribution < 1.29 is 9.18 Å². The third-order valence-electron chi connectivity index (χ3n) is 3.15. The highest BCUT2D eigenvalue weighted by Crippen LogP contribution is 2.24. The molecule has 3 rings (SSSR count). The van der Waals surface area contributed by atoms with Crippen molar-refractivity contribution >= 4 is 57.5 Å². The second kappa shape index (κ2) is 7.08. The summed E-state index contributed by atoms with van der Waals surface area (Å²) in [5.41, 5.74) is 0.595. The maximum absolute atomic E-state index is 13.8. The summed E-state index contributed by atoms with van der Waals surface area (Å²) >= 11 is 14.1. The minimum Gasteiger partial charge on any atom is -0.302 e. The average Bonchev–Trinajstić information content (AvgIpc) is 3.09. The van der Waals surface area contributed by atoms with Crippen LogP contribution < -0.4 is 5.32 Å². The van der Waals surface area contributed by atoms with Crippen molar-refractivity contribution in [1.82, 2.24) is 20.0 Å². The van der Waals surface area contributed by atoms with Crippen molar-refractivity contribution in [3.05, 3.63) is 61.3 Å². The number of aromatic amines is 1. The molecule has 0 unspecified atom stereocenters. The molecule has 124 valence electrons. The van der Waals surface area contributed by atoms with E-state index < -0.39 is 11.7 Å². The zero-order valence-corrected chi connectivity index (χ0v) is 15.5. The normalized spacial score (nSPS) is 10.8. The Morgan fingerprint density at radius 1 is 1.38 bits per heavy atom. The van der Waals surface area contributed by atoms with Crippen LogP contribution in [0, 0.1) is 9.39 Å². The first-order valence-corrected chi connectivity index (χ1v) is 8.45. The number of rotatable bonds is 4. The molecule has 0 spiro atoms. The summed E-state index contributed by atoms with van der Waals surface area (Å²) in [6, 6.07) is 4.43. The van der Waals surface area contributed by atoms with Crippen LogP contribution in [0.5, 0.6) is 0 Å². The number of nitrogens with one attached hydrogen (secondary N) is 2. The van der Waals surface area contributed by atoms with Gasteiger partial charge >= 0.3 is 0 Å². The van der Waals surface area contributed by atoms with E-state index in [1.807, 2.05) is 22.6 Å². The molecular weight excluding hydrogens is 471 g/mol. The minimum absolute atomic E-state index is 0.0860. The smallest absolute Gasteiger partial charge is 0.276 e. The third kappa shape index (κ3) is 3.55. The third-order valence-corrected chi connectivity index (χ3v) is 4.60. The number of nitrogens with zero attached hydrogens (tertiary/aromatic N) is 3. The Balaban J connectivity index is 1.81. The molecule has 0 aliphatic heterocycles. The second-order valence-electron chi connectivity index (χ2n) is 4.77. The molecule has 24 heavy (non-hydrogen) atoms. The number of anilines is 1. The molecule has 2 heterocycles. The summed E-state index contributed by atoms with van der Waals surface area (Å²) in [6.45, 7) is 0.0860. The quantitative estimate of drug-likeness (QED) is 0.556. The summed E-state index contributed by atoms with van der Waals surface area (Å²) in [6.07, 6.45) is 3.01. The number of benzene rings is 1. The number of halogens is 4. The molecule has 0 saturated heterocycles. The number of hydrogen-bond donors (Lipinski definition) is 2. The van der Waals surface area contributed by atoms with Gasteiger partial charge in [0.05, 0.1) is 16.3 Å². The fourth-order valence-corrected chi connectivity index (χ4v) is 2.93. The van der Waals surface area contributed by atoms with Gasteiger partial charge in [0.25, 0.3) is 5.91 Å². The van der Waals surface area contributed by atoms with E-state index in [0.29, 0.717) is 19.9 Å². The molecule has 0 saturated carbocycles. The van der Waals surface area contributed by atoms with Gasteiger partial charge in [-0.2, -0.15) is 10.2 Å². The van der Waals surface area contributed by atoms with E-state index in [0.717, 1.165) is 0 Å². The van der Waals surface area contributed by atoms with E-state index >= 15 is 0 Å². The summed E-state index contributed by atoms with van der Waals surface area (Å²) in [7, 11) is 0. The summed E-state index contributed by atoms with van der Waals surface area (Å²) in [4.78, 5) is 12.1. The van der Waals surface area contributed by atoms with Crippen molar-refractivity contribution in [2.24, 2.45) is 0 Å². The second-order valence-corrected chi connectivity index (χ2v) is 6.75. The monoisotopic (exact) mass is 479 g/mol. The number of hydrogen-bond acceptors (Lipinski definition) is 3. The van der Waals surface area contributed by atoms with E-state index in [2.05, 4.69) is 20.6 Å². The van der Waals surface area contributed by atoms with Gasteiger partial charge < -0.3 is 5.32 Å². The number of carbonyl (C=O) groups excluding carboxylic acids is 1. The molecule has 0 aliphatic rings. The van der Waals surface area contributed by atoms with Gasteiger partial charge in [0.2, 0.25) is 0 Å². The van der Waals surface area contributed by atoms with Gasteiger partial charge in [0, 0.05) is 16.8 Å². The Labute approximate surface area is 159 Å². The highest BCUT2D eigenvalue weighted by atomic mass is 127. The van der Waals surface area contributed by atoms with E-state index in [9.17, 15) is 9.18 Å². The topological polar surface area (TPSA) is 75.6 Å². The van der Waals surface area contributed by atoms with Gasteiger partial charge in [-0.1, -0.05) is 29.3 Å². The van der Waals surface area contributed by atoms with Crippen LogP contribution in [0.15, 0.2) is 30.6 Å². The molecule has 1 aromatic carbocycles. The van der Waals surface area contributed by atoms with Crippen molar-refractivity contribution in [2.45, 2.75) is 6.54 Å². The Kier molecular flexibility index (Phi) is 5.07. The fourth-order valence-electron chi connectivity index (χ4n) is 2.01. The molecule has 3 aromatic rings. The van der Waals surface area contributed by atoms with Crippen LogP contribution in [0.4, 0.5) is 10.2 Å². The lowest BCUT2D eigenvalue weighted by molar-refractivity contribution is 0.102. The van der Waals surface area contributed by atoms with Crippen LogP contribution in [0.1, 0.15) is 16.1 Å². The summed E-state index contributed by atoms with van der Waals surface area (Å²) < 4.78 is 15.9. The first kappa shape index (κ1) is 17.2. The number of carbonyl (C=O) groups is 1. The molecular formula is C14H9Cl2FIN5O. The molecule has 0 fully saturated rings. The molecule has 2 aromatic heterocycles. The summed E-state index contributed by atoms with van der Waals surface area (Å²) in [5.74, 6) is -0.695. The Morgan fingerprint density at radius 2 is 2.17 bits per heavy atom. The van der Waals surface area contributed by atoms with Crippen molar-refractivity contribution in [2.75, 3.05) is 5.32 Å². The van der Waals surface area contributed by atoms with Gasteiger partial charge in [-0.05, 0) is 34.7 Å². The lowest BCUT2D eigenvalue weighted by Crippen LogP contribution is -2.15. The maximum atomic E-state index is 13.8. The highest BCUT2D eigenvalue weighted by molar-refractivity contribution is 14.1. The molecule has 1 amide bonds. The van der Waals surface area contributed by atoms with Crippen LogP contribution in [0.3, 0.4) is 0 Å². The Hall–Kier alpha value is -1.65. The van der Waals surface area contributed by atoms with Crippen LogP contribution in [-0.4, -0.2) is 25.9 Å². The van der Waals surface area contributed by atoms with Gasteiger partial charge in [-0.15, -0.1) is 0 Å². The number of amides is 1. The summed E-state index contributed by atoms with van der Waals surface area (Å²) in [5, 5.41) is 13.6. The molecule has 6 nitrogen and oxygen atoms in total. The van der Waals surface area contributed by atoms with E-state index in [1.165, 1.54) is 29.2 Å². The number of aromatic nitrogens is 4. The Bertz CT molecular complexity index is 890. The van der Waals surface area contributed by atoms with Crippen LogP contribution in [0.25, 0.3) is 0 Å². The average molecular weight is 480 g/mol. The molecule has 2 N–H and O–H groups in total. The first-order chi connectivity index (χ1) is 11.5. The molecule has 0 radical (unpaired) electrons. The fraction of sp³-hybridized carbons (Fsp3) is 0.0714. The van der Waals surface area contributed by atoms with Crippen LogP contribution in [-0.2, 0) is 6.54 Å². The van der Waals surface area contributed by atoms with E-state index in [1.54, 1.807) is 6.07 Å². The SMILES string of the molecule is O=C(Nc1nn(Cc2c(F)cccc2Cl)cc1Cl)c1[nH]ncc1I. The standard InChI is InChI=1S/C14H9Cl2FIN5O/c15-8-2-1-3-10(17)7(8)5-23-6-9(16)13(22-23)20-14(24)12-11(18)4-19-21-12/h1-4,6H,5H2,(H,19,21)(H,20,22,24). The lowest BCUT2D eigenvalue weighted by Gasteiger charge is -2.06. The molecule has 10 heteroatoms. The minimum atomic E-state index is -0.438. The van der Waals surface area contributed by atoms with Crippen molar-refractivity contribution in [3.63, 3.8) is 0 Å². The van der Waals surface area contributed by atoms with Crippen molar-refractivity contribution in [3.8, 4) is 0 Å². The largest absolute Gasteiger partial charge is 0.302 e. The maximum Gasteiger partial charge on any atom is 0.276 e. The van der Waals surface area contributed by atoms with Gasteiger partial charge in [-0.3, -0.25) is 14.6 Å². The zero-order valence-electron chi connectivity index (χ0n) is 11.9. The van der Waals surface area contributed by atoms with Gasteiger partial charge in [-0.25, -0.2) is 4.39 Å². The van der Waals surface area contributed by atoms with Gasteiger partial charge in [0.15, 0.2) is 5.82 Å². The highest BCUT2D eigenvalue weighted by Gasteiger charge is 2.17. The molecule has 0 atom stereocenters. The van der Waals surface area contributed by atoms with E-state index in [-0.39, 0.29) is 17.4 Å². The Morgan fingerprint density at radius 3 is 2.83 bits per heavy atom. The van der Waals surface area contributed by atoms with Gasteiger partial charge in [0.1, 0.15) is 16.5 Å². The first-order valence-electron chi connectivity index (χ1n) is 6.61. The van der Waals surface area contributed by atoms with Crippen LogP contribution in [0.2, 0.25) is 10.0 Å². The predicted octanol–water partition coefficient (Wildman–Crippen LogP) is 3.96. The zero-order chi connectivity index (χ0) is 17.3. The van der Waals surface area contributed by atoms with E-state index in [4.69, 9.17) is 23.2 Å². The molecule has 0 bridgehead atoms. The number of H-pyrrole nitrogens is 1. The lowest BCUT2D eigenvalue weighted by atomic mass is 10.2. The van der Waals surface area contributed by atoms with Crippen LogP contribution >= 0.6 is 45.8 Å². The van der Waals surface area contributed by atoms with Crippen molar-refractivity contribution in [1.29, 1.82) is 0 Å².